The van der Waals surface area contributed by atoms with E-state index in [1.807, 2.05) is 20.8 Å². The van der Waals surface area contributed by atoms with Gasteiger partial charge in [0.05, 0.1) is 0 Å². The Morgan fingerprint density at radius 2 is 1.87 bits per heavy atom. The Kier molecular flexibility index (Phi) is 2.86. The lowest BCUT2D eigenvalue weighted by molar-refractivity contribution is 0.393. The molecule has 0 aliphatic carbocycles. The molecule has 1 heterocycles. The molecule has 0 aliphatic rings. The van der Waals surface area contributed by atoms with Crippen LogP contribution in [0.2, 0.25) is 0 Å². The second-order valence-corrected chi connectivity index (χ2v) is 5.87. The van der Waals surface area contributed by atoms with Crippen molar-refractivity contribution in [1.29, 1.82) is 0 Å². The van der Waals surface area contributed by atoms with Crippen LogP contribution < -0.4 is 0 Å². The van der Waals surface area contributed by atoms with Crippen LogP contribution in [0.25, 0.3) is 0 Å². The summed E-state index contributed by atoms with van der Waals surface area (Å²) in [5.74, 6) is 0.457. The lowest BCUT2D eigenvalue weighted by atomic mass is 9.92. The first-order chi connectivity index (χ1) is 6.61. The Labute approximate surface area is 88.5 Å². The highest BCUT2D eigenvalue weighted by Gasteiger charge is 2.24. The van der Waals surface area contributed by atoms with Gasteiger partial charge in [-0.2, -0.15) is 8.42 Å². The molecule has 0 N–H and O–H groups in total. The topological polar surface area (TPSA) is 64.8 Å². The van der Waals surface area contributed by atoms with Crippen molar-refractivity contribution in [1.82, 2.24) is 14.8 Å². The van der Waals surface area contributed by atoms with Gasteiger partial charge in [0.2, 0.25) is 0 Å². The second kappa shape index (κ2) is 3.55. The fourth-order valence-corrected chi connectivity index (χ4v) is 1.76. The number of rotatable bonds is 2. The molecule has 5 nitrogen and oxygen atoms in total. The van der Waals surface area contributed by atoms with Crippen LogP contribution in [0.15, 0.2) is 5.16 Å². The van der Waals surface area contributed by atoms with Crippen LogP contribution in [-0.2, 0) is 23.7 Å². The predicted octanol–water partition coefficient (Wildman–Crippen LogP) is 1.06. The molecular formula is C8H14FN3O2S. The van der Waals surface area contributed by atoms with Crippen LogP contribution in [0.3, 0.4) is 0 Å². The summed E-state index contributed by atoms with van der Waals surface area (Å²) in [5, 5.41) is 6.35. The highest BCUT2D eigenvalue weighted by Crippen LogP contribution is 2.20. The van der Waals surface area contributed by atoms with Crippen LogP contribution in [0.4, 0.5) is 3.89 Å². The quantitative estimate of drug-likeness (QED) is 0.719. The summed E-state index contributed by atoms with van der Waals surface area (Å²) in [6, 6.07) is 0. The van der Waals surface area contributed by atoms with Crippen molar-refractivity contribution >= 4 is 10.2 Å². The molecule has 0 fully saturated rings. The molecule has 15 heavy (non-hydrogen) atoms. The van der Waals surface area contributed by atoms with E-state index >= 15 is 0 Å². The van der Waals surface area contributed by atoms with Crippen LogP contribution in [0.1, 0.15) is 26.6 Å². The molecular weight excluding hydrogens is 221 g/mol. The Hall–Kier alpha value is -0.980. The third-order valence-corrected chi connectivity index (χ3v) is 2.62. The van der Waals surface area contributed by atoms with Gasteiger partial charge in [0.1, 0.15) is 5.82 Å². The maximum Gasteiger partial charge on any atom is 0.368 e. The van der Waals surface area contributed by atoms with Crippen molar-refractivity contribution in [3.05, 3.63) is 5.82 Å². The molecule has 0 radical (unpaired) electrons. The van der Waals surface area contributed by atoms with E-state index in [2.05, 4.69) is 10.2 Å². The van der Waals surface area contributed by atoms with Crippen LogP contribution in [-0.4, -0.2) is 23.2 Å². The Morgan fingerprint density at radius 1 is 1.33 bits per heavy atom. The third kappa shape index (κ3) is 2.98. The van der Waals surface area contributed by atoms with Gasteiger partial charge in [-0.15, -0.1) is 10.2 Å². The summed E-state index contributed by atoms with van der Waals surface area (Å²) < 4.78 is 35.1. The fraction of sp³-hybridized carbons (Fsp3) is 0.750. The first-order valence-corrected chi connectivity index (χ1v) is 5.82. The highest BCUT2D eigenvalue weighted by atomic mass is 32.3. The van der Waals surface area contributed by atoms with Crippen molar-refractivity contribution in [2.75, 3.05) is 0 Å². The largest absolute Gasteiger partial charge is 0.368 e. The van der Waals surface area contributed by atoms with Gasteiger partial charge in [-0.05, 0) is 5.41 Å². The molecule has 1 rings (SSSR count). The number of aromatic nitrogens is 3. The molecule has 0 saturated carbocycles. The minimum absolute atomic E-state index is 0.0574. The van der Waals surface area contributed by atoms with E-state index < -0.39 is 15.4 Å². The zero-order chi connectivity index (χ0) is 11.9. The van der Waals surface area contributed by atoms with E-state index in [1.165, 1.54) is 11.6 Å². The molecule has 7 heteroatoms. The molecule has 0 unspecified atom stereocenters. The lowest BCUT2D eigenvalue weighted by Crippen LogP contribution is -2.14. The molecule has 86 valence electrons. The number of halogens is 1. The summed E-state index contributed by atoms with van der Waals surface area (Å²) in [5.41, 5.74) is -0.0574. The first-order valence-electron chi connectivity index (χ1n) is 4.44. The van der Waals surface area contributed by atoms with Crippen molar-refractivity contribution in [2.24, 2.45) is 12.5 Å². The van der Waals surface area contributed by atoms with E-state index in [9.17, 15) is 12.3 Å². The van der Waals surface area contributed by atoms with Gasteiger partial charge < -0.3 is 4.57 Å². The van der Waals surface area contributed by atoms with Gasteiger partial charge in [-0.25, -0.2) is 0 Å². The third-order valence-electron chi connectivity index (χ3n) is 1.83. The van der Waals surface area contributed by atoms with Crippen molar-refractivity contribution < 1.29 is 12.3 Å². The summed E-state index contributed by atoms with van der Waals surface area (Å²) in [6.07, 6.45) is 0.534. The van der Waals surface area contributed by atoms with Crippen LogP contribution in [0, 0.1) is 5.41 Å². The lowest BCUT2D eigenvalue weighted by Gasteiger charge is -2.16. The molecule has 0 aromatic carbocycles. The predicted molar refractivity (Wildman–Crippen MR) is 52.5 cm³/mol. The fourth-order valence-electron chi connectivity index (χ4n) is 1.19. The number of nitrogens with zero attached hydrogens (tertiary/aromatic N) is 3. The first kappa shape index (κ1) is 12.1. The van der Waals surface area contributed by atoms with Crippen LogP contribution >= 0.6 is 0 Å². The molecule has 0 atom stereocenters. The van der Waals surface area contributed by atoms with Gasteiger partial charge in [-0.3, -0.25) is 0 Å². The Bertz CT molecular complexity index is 459. The summed E-state index contributed by atoms with van der Waals surface area (Å²) in [7, 11) is -3.34. The average Bonchev–Trinajstić information content (AvgIpc) is 2.27. The maximum atomic E-state index is 12.7. The van der Waals surface area contributed by atoms with E-state index in [0.717, 1.165) is 0 Å². The Morgan fingerprint density at radius 3 is 2.20 bits per heavy atom. The van der Waals surface area contributed by atoms with Gasteiger partial charge in [0.25, 0.3) is 5.16 Å². The van der Waals surface area contributed by atoms with Crippen molar-refractivity contribution in [2.45, 2.75) is 32.3 Å². The SMILES string of the molecule is Cn1c(CC(C)(C)C)nnc1S(=O)(=O)F. The van der Waals surface area contributed by atoms with Crippen molar-refractivity contribution in [3.63, 3.8) is 0 Å². The molecule has 0 bridgehead atoms. The minimum Gasteiger partial charge on any atom is -0.303 e. The monoisotopic (exact) mass is 235 g/mol. The molecule has 0 spiro atoms. The summed E-state index contributed by atoms with van der Waals surface area (Å²) >= 11 is 0. The molecule has 0 amide bonds. The van der Waals surface area contributed by atoms with Crippen LogP contribution in [0.5, 0.6) is 0 Å². The molecule has 0 aliphatic heterocycles. The Balaban J connectivity index is 3.11. The second-order valence-electron chi connectivity index (χ2n) is 4.63. The summed E-state index contributed by atoms with van der Waals surface area (Å²) in [6.45, 7) is 5.93. The normalized spacial score (nSPS) is 13.1. The number of hydrogen-bond donors (Lipinski definition) is 0. The van der Waals surface area contributed by atoms with E-state index in [0.29, 0.717) is 12.2 Å². The summed E-state index contributed by atoms with van der Waals surface area (Å²) in [4.78, 5) is 0. The van der Waals surface area contributed by atoms with Gasteiger partial charge >= 0.3 is 10.2 Å². The van der Waals surface area contributed by atoms with E-state index in [1.54, 1.807) is 0 Å². The smallest absolute Gasteiger partial charge is 0.303 e. The highest BCUT2D eigenvalue weighted by molar-refractivity contribution is 7.86. The zero-order valence-electron chi connectivity index (χ0n) is 9.15. The molecule has 0 saturated heterocycles. The molecule has 1 aromatic rings. The van der Waals surface area contributed by atoms with Gasteiger partial charge in [0.15, 0.2) is 0 Å². The molecule has 1 aromatic heterocycles. The average molecular weight is 235 g/mol. The van der Waals surface area contributed by atoms with Gasteiger partial charge in [-0.1, -0.05) is 24.7 Å². The van der Waals surface area contributed by atoms with E-state index in [-0.39, 0.29) is 5.41 Å². The number of hydrogen-bond acceptors (Lipinski definition) is 4. The maximum absolute atomic E-state index is 12.7. The van der Waals surface area contributed by atoms with E-state index in [4.69, 9.17) is 0 Å². The van der Waals surface area contributed by atoms with Gasteiger partial charge in [0, 0.05) is 13.5 Å². The van der Waals surface area contributed by atoms with Crippen molar-refractivity contribution in [3.8, 4) is 0 Å². The standard InChI is InChI=1S/C8H14FN3O2S/c1-8(2,3)5-6-10-11-7(12(6)4)15(9,13)14/h5H2,1-4H3. The zero-order valence-corrected chi connectivity index (χ0v) is 9.97. The minimum atomic E-state index is -4.78.